The van der Waals surface area contributed by atoms with Gasteiger partial charge in [0.25, 0.3) is 0 Å². The van der Waals surface area contributed by atoms with Gasteiger partial charge in [0.15, 0.2) is 0 Å². The van der Waals surface area contributed by atoms with E-state index in [1.807, 2.05) is 6.92 Å². The lowest BCUT2D eigenvalue weighted by molar-refractivity contribution is 0.419. The summed E-state index contributed by atoms with van der Waals surface area (Å²) in [5.41, 5.74) is 1.25. The molecule has 0 heterocycles. The van der Waals surface area contributed by atoms with Gasteiger partial charge in [0.2, 0.25) is 10.0 Å². The minimum absolute atomic E-state index is 0.538. The normalized spacial score (nSPS) is 12.0. The zero-order valence-electron chi connectivity index (χ0n) is 11.4. The molecule has 0 atom stereocenters. The van der Waals surface area contributed by atoms with Crippen molar-refractivity contribution in [2.24, 2.45) is 0 Å². The molecule has 1 aromatic rings. The van der Waals surface area contributed by atoms with Crippen molar-refractivity contribution in [3.05, 3.63) is 33.4 Å². The first kappa shape index (κ1) is 16.9. The van der Waals surface area contributed by atoms with Crippen molar-refractivity contribution in [3.63, 3.8) is 0 Å². The average Bonchev–Trinajstić information content (AvgIpc) is 2.34. The number of hydrogen-bond donors (Lipinski definition) is 1. The number of rotatable bonds is 8. The number of nitrogens with one attached hydrogen (secondary N) is 1. The molecular formula is C13H21IN2O2S. The quantitative estimate of drug-likeness (QED) is 0.541. The van der Waals surface area contributed by atoms with Crippen LogP contribution < -0.4 is 5.32 Å². The number of nitrogens with zero attached hydrogens (tertiary/aromatic N) is 1. The lowest BCUT2D eigenvalue weighted by Crippen LogP contribution is -2.32. The molecule has 6 heteroatoms. The molecular weight excluding hydrogens is 375 g/mol. The van der Waals surface area contributed by atoms with E-state index in [-0.39, 0.29) is 0 Å². The Bertz CT molecular complexity index is 474. The maximum atomic E-state index is 11.4. The van der Waals surface area contributed by atoms with E-state index in [2.05, 4.69) is 52.2 Å². The highest BCUT2D eigenvalue weighted by atomic mass is 127. The van der Waals surface area contributed by atoms with Crippen LogP contribution in [0.3, 0.4) is 0 Å². The van der Waals surface area contributed by atoms with Crippen LogP contribution in [0.25, 0.3) is 0 Å². The second-order valence-corrected chi connectivity index (χ2v) is 7.64. The van der Waals surface area contributed by atoms with E-state index in [1.54, 1.807) is 0 Å². The fourth-order valence-corrected chi connectivity index (χ4v) is 3.06. The third kappa shape index (κ3) is 6.69. The van der Waals surface area contributed by atoms with Gasteiger partial charge in [-0.25, -0.2) is 12.7 Å². The summed E-state index contributed by atoms with van der Waals surface area (Å²) in [4.78, 5) is 0. The second kappa shape index (κ2) is 8.18. The first-order valence-corrected chi connectivity index (χ1v) is 9.26. The van der Waals surface area contributed by atoms with Crippen molar-refractivity contribution in [3.8, 4) is 0 Å². The van der Waals surface area contributed by atoms with Crippen LogP contribution in [0, 0.1) is 3.57 Å². The minimum Gasteiger partial charge on any atom is -0.313 e. The van der Waals surface area contributed by atoms with E-state index in [0.717, 1.165) is 19.5 Å². The summed E-state index contributed by atoms with van der Waals surface area (Å²) in [5.74, 6) is 0. The SMILES string of the molecule is CCN(CCCNCc1ccc(I)cc1)S(C)(=O)=O. The molecule has 0 radical (unpaired) electrons. The van der Waals surface area contributed by atoms with Gasteiger partial charge in [-0.2, -0.15) is 0 Å². The molecule has 1 aromatic carbocycles. The van der Waals surface area contributed by atoms with E-state index in [4.69, 9.17) is 0 Å². The van der Waals surface area contributed by atoms with Crippen molar-refractivity contribution < 1.29 is 8.42 Å². The summed E-state index contributed by atoms with van der Waals surface area (Å²) in [6, 6.07) is 8.37. The molecule has 0 aliphatic carbocycles. The van der Waals surface area contributed by atoms with Crippen LogP contribution >= 0.6 is 22.6 Å². The third-order valence-corrected chi connectivity index (χ3v) is 4.92. The highest BCUT2D eigenvalue weighted by Gasteiger charge is 2.12. The van der Waals surface area contributed by atoms with Gasteiger partial charge in [-0.05, 0) is 53.3 Å². The molecule has 1 N–H and O–H groups in total. The largest absolute Gasteiger partial charge is 0.313 e. The van der Waals surface area contributed by atoms with Crippen molar-refractivity contribution in [1.29, 1.82) is 0 Å². The zero-order chi connectivity index (χ0) is 14.3. The van der Waals surface area contributed by atoms with Crippen molar-refractivity contribution in [1.82, 2.24) is 9.62 Å². The summed E-state index contributed by atoms with van der Waals surface area (Å²) in [7, 11) is -3.05. The molecule has 0 saturated heterocycles. The lowest BCUT2D eigenvalue weighted by atomic mass is 10.2. The topological polar surface area (TPSA) is 49.4 Å². The Labute approximate surface area is 129 Å². The fraction of sp³-hybridized carbons (Fsp3) is 0.538. The van der Waals surface area contributed by atoms with Gasteiger partial charge in [0.05, 0.1) is 6.26 Å². The smallest absolute Gasteiger partial charge is 0.211 e. The average molecular weight is 396 g/mol. The second-order valence-electron chi connectivity index (χ2n) is 4.41. The molecule has 0 aliphatic heterocycles. The Hall–Kier alpha value is -0.180. The van der Waals surface area contributed by atoms with Crippen LogP contribution in [0.5, 0.6) is 0 Å². The minimum atomic E-state index is -3.05. The summed E-state index contributed by atoms with van der Waals surface area (Å²) in [6.45, 7) is 4.62. The van der Waals surface area contributed by atoms with Crippen molar-refractivity contribution >= 4 is 32.6 Å². The lowest BCUT2D eigenvalue weighted by Gasteiger charge is -2.17. The predicted octanol–water partition coefficient (Wildman–Crippen LogP) is 2.05. The summed E-state index contributed by atoms with van der Waals surface area (Å²) in [5, 5.41) is 3.33. The molecule has 1 rings (SSSR count). The molecule has 0 spiro atoms. The summed E-state index contributed by atoms with van der Waals surface area (Å²) in [6.07, 6.45) is 2.08. The van der Waals surface area contributed by atoms with Crippen LogP contribution in [0.2, 0.25) is 0 Å². The Morgan fingerprint density at radius 2 is 1.89 bits per heavy atom. The summed E-state index contributed by atoms with van der Waals surface area (Å²) < 4.78 is 25.5. The Kier molecular flexibility index (Phi) is 7.27. The van der Waals surface area contributed by atoms with Gasteiger partial charge in [0, 0.05) is 23.2 Å². The molecule has 0 fully saturated rings. The van der Waals surface area contributed by atoms with Crippen LogP contribution in [0.15, 0.2) is 24.3 Å². The Balaban J connectivity index is 2.22. The van der Waals surface area contributed by atoms with E-state index >= 15 is 0 Å². The molecule has 0 aliphatic rings. The highest BCUT2D eigenvalue weighted by molar-refractivity contribution is 14.1. The number of hydrogen-bond acceptors (Lipinski definition) is 3. The van der Waals surface area contributed by atoms with E-state index in [0.29, 0.717) is 13.1 Å². The first-order valence-electron chi connectivity index (χ1n) is 6.33. The molecule has 19 heavy (non-hydrogen) atoms. The third-order valence-electron chi connectivity index (χ3n) is 2.83. The molecule has 0 unspecified atom stereocenters. The monoisotopic (exact) mass is 396 g/mol. The fourth-order valence-electron chi connectivity index (χ4n) is 1.77. The first-order chi connectivity index (χ1) is 8.93. The van der Waals surface area contributed by atoms with Gasteiger partial charge in [0.1, 0.15) is 0 Å². The molecule has 108 valence electrons. The maximum Gasteiger partial charge on any atom is 0.211 e. The van der Waals surface area contributed by atoms with E-state index < -0.39 is 10.0 Å². The van der Waals surface area contributed by atoms with Gasteiger partial charge >= 0.3 is 0 Å². The Morgan fingerprint density at radius 3 is 2.42 bits per heavy atom. The van der Waals surface area contributed by atoms with Gasteiger partial charge in [-0.1, -0.05) is 19.1 Å². The van der Waals surface area contributed by atoms with Crippen LogP contribution in [-0.2, 0) is 16.6 Å². The van der Waals surface area contributed by atoms with Gasteiger partial charge < -0.3 is 5.32 Å². The maximum absolute atomic E-state index is 11.4. The molecule has 0 saturated carbocycles. The van der Waals surface area contributed by atoms with Gasteiger partial charge in [-0.15, -0.1) is 0 Å². The standard InChI is InChI=1S/C13H21IN2O2S/c1-3-16(19(2,17)18)10-4-9-15-11-12-5-7-13(14)8-6-12/h5-8,15H,3-4,9-11H2,1-2H3. The van der Waals surface area contributed by atoms with Crippen LogP contribution in [0.4, 0.5) is 0 Å². The van der Waals surface area contributed by atoms with E-state index in [1.165, 1.54) is 19.7 Å². The number of sulfonamides is 1. The zero-order valence-corrected chi connectivity index (χ0v) is 14.4. The molecule has 0 bridgehead atoms. The predicted molar refractivity (Wildman–Crippen MR) is 87.6 cm³/mol. The Morgan fingerprint density at radius 1 is 1.26 bits per heavy atom. The van der Waals surface area contributed by atoms with Crippen LogP contribution in [0.1, 0.15) is 18.9 Å². The van der Waals surface area contributed by atoms with Gasteiger partial charge in [-0.3, -0.25) is 0 Å². The van der Waals surface area contributed by atoms with Crippen LogP contribution in [-0.4, -0.2) is 38.6 Å². The molecule has 4 nitrogen and oxygen atoms in total. The number of halogens is 1. The van der Waals surface area contributed by atoms with Crippen molar-refractivity contribution in [2.75, 3.05) is 25.9 Å². The summed E-state index contributed by atoms with van der Waals surface area (Å²) >= 11 is 2.28. The molecule has 0 aromatic heterocycles. The highest BCUT2D eigenvalue weighted by Crippen LogP contribution is 2.06. The van der Waals surface area contributed by atoms with Crippen molar-refractivity contribution in [2.45, 2.75) is 19.9 Å². The number of benzene rings is 1. The van der Waals surface area contributed by atoms with E-state index in [9.17, 15) is 8.42 Å². The molecule has 0 amide bonds.